The molecule has 1 fully saturated rings. The summed E-state index contributed by atoms with van der Waals surface area (Å²) in [5.74, 6) is -1.52. The number of rotatable bonds is 3. The van der Waals surface area contributed by atoms with E-state index in [-0.39, 0.29) is 30.7 Å². The van der Waals surface area contributed by atoms with Gasteiger partial charge in [-0.05, 0) is 13.0 Å². The fraction of sp³-hybridized carbons (Fsp3) is 0.364. The Labute approximate surface area is 102 Å². The molecule has 0 radical (unpaired) electrons. The molecule has 1 aromatic heterocycles. The van der Waals surface area contributed by atoms with E-state index in [2.05, 4.69) is 5.32 Å². The third kappa shape index (κ3) is 2.57. The number of carbonyl (C=O) groups excluding carboxylic acids is 2. The van der Waals surface area contributed by atoms with Gasteiger partial charge >= 0.3 is 5.97 Å². The second-order valence-corrected chi connectivity index (χ2v) is 4.11. The molecule has 0 saturated carbocycles. The fourth-order valence-electron chi connectivity index (χ4n) is 1.83. The molecule has 7 nitrogen and oxygen atoms in total. The Morgan fingerprint density at radius 1 is 1.44 bits per heavy atom. The van der Waals surface area contributed by atoms with Gasteiger partial charge in [0.05, 0.1) is 13.1 Å². The van der Waals surface area contributed by atoms with Crippen molar-refractivity contribution >= 4 is 17.8 Å². The van der Waals surface area contributed by atoms with Crippen LogP contribution in [0.25, 0.3) is 0 Å². The summed E-state index contributed by atoms with van der Waals surface area (Å²) in [4.78, 5) is 34.7. The number of imide groups is 1. The molecule has 0 unspecified atom stereocenters. The van der Waals surface area contributed by atoms with Crippen LogP contribution in [0, 0.1) is 6.92 Å². The highest BCUT2D eigenvalue weighted by Gasteiger charge is 2.24. The highest BCUT2D eigenvalue weighted by Crippen LogP contribution is 2.17. The predicted octanol–water partition coefficient (Wildman–Crippen LogP) is -0.255. The number of aryl methyl sites for hydroxylation is 1. The van der Waals surface area contributed by atoms with E-state index in [4.69, 9.17) is 9.52 Å². The van der Waals surface area contributed by atoms with Crippen LogP contribution in [0.4, 0.5) is 0 Å². The highest BCUT2D eigenvalue weighted by molar-refractivity contribution is 5.99. The van der Waals surface area contributed by atoms with Crippen LogP contribution in [0.1, 0.15) is 21.9 Å². The van der Waals surface area contributed by atoms with Crippen LogP contribution in [0.15, 0.2) is 10.5 Å². The first kappa shape index (κ1) is 12.3. The minimum atomic E-state index is -1.14. The Hall–Kier alpha value is -2.15. The number of nitrogens with one attached hydrogen (secondary N) is 1. The van der Waals surface area contributed by atoms with Gasteiger partial charge in [-0.2, -0.15) is 0 Å². The summed E-state index contributed by atoms with van der Waals surface area (Å²) in [5, 5.41) is 11.0. The van der Waals surface area contributed by atoms with Crippen molar-refractivity contribution in [3.63, 3.8) is 0 Å². The van der Waals surface area contributed by atoms with Crippen molar-refractivity contribution in [2.75, 3.05) is 13.1 Å². The molecule has 1 aromatic rings. The Morgan fingerprint density at radius 3 is 2.56 bits per heavy atom. The number of furan rings is 1. The summed E-state index contributed by atoms with van der Waals surface area (Å²) in [7, 11) is 0. The zero-order valence-corrected chi connectivity index (χ0v) is 9.73. The highest BCUT2D eigenvalue weighted by atomic mass is 16.4. The number of amides is 2. The van der Waals surface area contributed by atoms with Crippen LogP contribution in [-0.4, -0.2) is 40.9 Å². The Bertz CT molecular complexity index is 504. The van der Waals surface area contributed by atoms with E-state index >= 15 is 0 Å². The predicted molar refractivity (Wildman–Crippen MR) is 58.8 cm³/mol. The van der Waals surface area contributed by atoms with Gasteiger partial charge in [-0.1, -0.05) is 0 Å². The zero-order chi connectivity index (χ0) is 13.3. The van der Waals surface area contributed by atoms with E-state index in [0.29, 0.717) is 17.9 Å². The lowest BCUT2D eigenvalue weighted by Crippen LogP contribution is -2.50. The lowest BCUT2D eigenvalue weighted by Gasteiger charge is -2.24. The number of carbonyl (C=O) groups is 3. The molecule has 1 aliphatic heterocycles. The molecule has 18 heavy (non-hydrogen) atoms. The Kier molecular flexibility index (Phi) is 3.15. The molecule has 0 spiro atoms. The monoisotopic (exact) mass is 252 g/mol. The molecule has 2 amide bonds. The third-order valence-electron chi connectivity index (χ3n) is 2.64. The molecule has 2 rings (SSSR count). The van der Waals surface area contributed by atoms with Gasteiger partial charge in [-0.3, -0.25) is 19.8 Å². The van der Waals surface area contributed by atoms with Gasteiger partial charge < -0.3 is 9.52 Å². The van der Waals surface area contributed by atoms with Gasteiger partial charge in [0.15, 0.2) is 0 Å². The fourth-order valence-corrected chi connectivity index (χ4v) is 1.83. The van der Waals surface area contributed by atoms with Crippen LogP contribution < -0.4 is 5.32 Å². The van der Waals surface area contributed by atoms with Gasteiger partial charge in [-0.15, -0.1) is 0 Å². The van der Waals surface area contributed by atoms with E-state index < -0.39 is 5.97 Å². The largest absolute Gasteiger partial charge is 0.475 e. The van der Waals surface area contributed by atoms with E-state index in [9.17, 15) is 14.4 Å². The van der Waals surface area contributed by atoms with Crippen LogP contribution >= 0.6 is 0 Å². The molecule has 2 N–H and O–H groups in total. The van der Waals surface area contributed by atoms with Gasteiger partial charge in [0.25, 0.3) is 0 Å². The quantitative estimate of drug-likeness (QED) is 0.719. The van der Waals surface area contributed by atoms with Crippen molar-refractivity contribution in [3.05, 3.63) is 23.2 Å². The van der Waals surface area contributed by atoms with Crippen LogP contribution in [0.3, 0.4) is 0 Å². The van der Waals surface area contributed by atoms with Crippen LogP contribution in [0.2, 0.25) is 0 Å². The first-order chi connectivity index (χ1) is 8.45. The van der Waals surface area contributed by atoms with E-state index in [0.717, 1.165) is 0 Å². The van der Waals surface area contributed by atoms with Crippen molar-refractivity contribution in [3.8, 4) is 0 Å². The first-order valence-electron chi connectivity index (χ1n) is 5.33. The number of nitrogens with zero attached hydrogens (tertiary/aromatic N) is 1. The topological polar surface area (TPSA) is 99.8 Å². The molecule has 2 heterocycles. The summed E-state index contributed by atoms with van der Waals surface area (Å²) in [5.41, 5.74) is 0.662. The van der Waals surface area contributed by atoms with Gasteiger partial charge in [0.1, 0.15) is 5.76 Å². The molecule has 7 heteroatoms. The lowest BCUT2D eigenvalue weighted by molar-refractivity contribution is -0.136. The van der Waals surface area contributed by atoms with Crippen LogP contribution in [0.5, 0.6) is 0 Å². The molecule has 1 aliphatic rings. The van der Waals surface area contributed by atoms with Crippen molar-refractivity contribution < 1.29 is 23.9 Å². The summed E-state index contributed by atoms with van der Waals surface area (Å²) in [6.07, 6.45) is 0. The van der Waals surface area contributed by atoms with Crippen molar-refractivity contribution in [2.45, 2.75) is 13.5 Å². The molecule has 0 aliphatic carbocycles. The number of carboxylic acids is 1. The maximum atomic E-state index is 11.2. The SMILES string of the molecule is Cc1oc(C(=O)O)cc1CN1CC(=O)NC(=O)C1. The maximum Gasteiger partial charge on any atom is 0.371 e. The molecule has 0 bridgehead atoms. The van der Waals surface area contributed by atoms with Crippen molar-refractivity contribution in [1.29, 1.82) is 0 Å². The molecule has 96 valence electrons. The van der Waals surface area contributed by atoms with Gasteiger partial charge in [0, 0.05) is 12.1 Å². The zero-order valence-electron chi connectivity index (χ0n) is 9.73. The van der Waals surface area contributed by atoms with Crippen LogP contribution in [-0.2, 0) is 16.1 Å². The molecule has 0 atom stereocenters. The smallest absolute Gasteiger partial charge is 0.371 e. The second kappa shape index (κ2) is 4.61. The summed E-state index contributed by atoms with van der Waals surface area (Å²) in [6, 6.07) is 1.41. The Morgan fingerprint density at radius 2 is 2.06 bits per heavy atom. The van der Waals surface area contributed by atoms with E-state index in [1.165, 1.54) is 6.07 Å². The number of hydrogen-bond acceptors (Lipinski definition) is 5. The normalized spacial score (nSPS) is 16.7. The van der Waals surface area contributed by atoms with E-state index in [1.54, 1.807) is 11.8 Å². The number of carboxylic acid groups (broad SMARTS) is 1. The lowest BCUT2D eigenvalue weighted by atomic mass is 10.2. The average molecular weight is 252 g/mol. The summed E-state index contributed by atoms with van der Waals surface area (Å²) < 4.78 is 5.06. The van der Waals surface area contributed by atoms with Crippen molar-refractivity contribution in [2.24, 2.45) is 0 Å². The minimum absolute atomic E-state index is 0.110. The standard InChI is InChI=1S/C11H12N2O5/c1-6-7(2-8(18-6)11(16)17)3-13-4-9(14)12-10(15)5-13/h2H,3-5H2,1H3,(H,16,17)(H,12,14,15). The minimum Gasteiger partial charge on any atom is -0.475 e. The molecule has 1 saturated heterocycles. The van der Waals surface area contributed by atoms with E-state index in [1.807, 2.05) is 0 Å². The summed E-state index contributed by atoms with van der Waals surface area (Å²) >= 11 is 0. The third-order valence-corrected chi connectivity index (χ3v) is 2.64. The number of piperazine rings is 1. The van der Waals surface area contributed by atoms with Gasteiger partial charge in [-0.25, -0.2) is 4.79 Å². The Balaban J connectivity index is 2.11. The second-order valence-electron chi connectivity index (χ2n) is 4.11. The maximum absolute atomic E-state index is 11.2. The van der Waals surface area contributed by atoms with Crippen molar-refractivity contribution in [1.82, 2.24) is 10.2 Å². The number of hydrogen-bond donors (Lipinski definition) is 2. The molecular formula is C11H12N2O5. The number of aromatic carboxylic acids is 1. The molecule has 0 aromatic carbocycles. The van der Waals surface area contributed by atoms with Gasteiger partial charge in [0.2, 0.25) is 17.6 Å². The summed E-state index contributed by atoms with van der Waals surface area (Å²) in [6.45, 7) is 2.17. The average Bonchev–Trinajstić information content (AvgIpc) is 2.59. The molecular weight excluding hydrogens is 240 g/mol. The first-order valence-corrected chi connectivity index (χ1v) is 5.33.